The largest absolute Gasteiger partial charge is 0.678 e. The van der Waals surface area contributed by atoms with Gasteiger partial charge < -0.3 is 46.4 Å². The Balaban J connectivity index is -0.000000613. The summed E-state index contributed by atoms with van der Waals surface area (Å²) in [6.45, 7) is 33.6. The van der Waals surface area contributed by atoms with Crippen molar-refractivity contribution in [2.45, 2.75) is 158 Å². The summed E-state index contributed by atoms with van der Waals surface area (Å²) in [4.78, 5) is 21.0. The van der Waals surface area contributed by atoms with Gasteiger partial charge in [0.05, 0.1) is 33.6 Å². The van der Waals surface area contributed by atoms with Crippen LogP contribution < -0.4 is 0 Å². The molecule has 2 aromatic carbocycles. The molecule has 2 rings (SSSR count). The predicted octanol–water partition coefficient (Wildman–Crippen LogP) is 8.50. The van der Waals surface area contributed by atoms with Crippen LogP contribution in [0, 0.1) is 0 Å². The SMILES string of the molecule is CC(C)(C)O[Si](O)(OC(C)(C)C)OC(C)(C)C.CC(C)(C)O[Si](O)(OC(C)(C)C)OC(C)(C)C.Oc1ccccc1.Oc1ccccc1.[Zr]. The molecule has 13 heteroatoms. The predicted molar refractivity (Wildman–Crippen MR) is 197 cm³/mol. The maximum Gasteiger partial charge on any atom is 0.678 e. The Morgan fingerprint density at radius 2 is 0.490 bits per heavy atom. The van der Waals surface area contributed by atoms with Crippen LogP contribution in [-0.4, -0.2) is 71.5 Å². The molecule has 0 amide bonds. The summed E-state index contributed by atoms with van der Waals surface area (Å²) >= 11 is 0. The number of hydrogen-bond donors (Lipinski definition) is 4. The fourth-order valence-electron chi connectivity index (χ4n) is 3.30. The van der Waals surface area contributed by atoms with Gasteiger partial charge in [0.15, 0.2) is 0 Å². The maximum atomic E-state index is 10.5. The summed E-state index contributed by atoms with van der Waals surface area (Å²) < 4.78 is 33.8. The van der Waals surface area contributed by atoms with Crippen LogP contribution in [0.2, 0.25) is 0 Å². The van der Waals surface area contributed by atoms with E-state index in [4.69, 9.17) is 36.8 Å². The van der Waals surface area contributed by atoms with Crippen molar-refractivity contribution in [1.29, 1.82) is 0 Å². The van der Waals surface area contributed by atoms with E-state index in [1.807, 2.05) is 137 Å². The number of rotatable bonds is 6. The summed E-state index contributed by atoms with van der Waals surface area (Å²) in [6, 6.07) is 17.4. The zero-order valence-corrected chi connectivity index (χ0v) is 38.0. The van der Waals surface area contributed by atoms with Crippen molar-refractivity contribution in [3.63, 3.8) is 0 Å². The van der Waals surface area contributed by atoms with Crippen LogP contribution in [0.25, 0.3) is 0 Å². The van der Waals surface area contributed by atoms with E-state index >= 15 is 0 Å². The molecule has 0 heterocycles. The van der Waals surface area contributed by atoms with E-state index < -0.39 is 51.7 Å². The second kappa shape index (κ2) is 20.9. The first-order valence-corrected chi connectivity index (χ1v) is 19.5. The molecule has 0 fully saturated rings. The Labute approximate surface area is 319 Å². The van der Waals surface area contributed by atoms with Gasteiger partial charge in [-0.05, 0) is 149 Å². The van der Waals surface area contributed by atoms with Crippen molar-refractivity contribution in [1.82, 2.24) is 0 Å². The third kappa shape index (κ3) is 36.6. The quantitative estimate of drug-likeness (QED) is 0.211. The average molecular weight is 808 g/mol. The van der Waals surface area contributed by atoms with E-state index in [0.29, 0.717) is 11.5 Å². The molecule has 0 atom stereocenters. The minimum atomic E-state index is -3.66. The number of benzene rings is 2. The standard InChI is InChI=1S/2C12H28O4Si.2C6H6O.Zr/c2*1-10(2,3)14-17(13,15-11(4,5)6)16-12(7,8)9;2*7-6-4-2-1-3-5-6;/h2*13H,1-9H3;2*1-5,7H;. The minimum Gasteiger partial charge on any atom is -0.508 e. The summed E-state index contributed by atoms with van der Waals surface area (Å²) in [7, 11) is -7.31. The van der Waals surface area contributed by atoms with Crippen LogP contribution in [0.5, 0.6) is 11.5 Å². The van der Waals surface area contributed by atoms with Gasteiger partial charge in [0, 0.05) is 26.2 Å². The number of para-hydroxylation sites is 2. The molecule has 0 spiro atoms. The van der Waals surface area contributed by atoms with E-state index in [-0.39, 0.29) is 26.2 Å². The molecule has 0 saturated heterocycles. The van der Waals surface area contributed by atoms with E-state index in [2.05, 4.69) is 0 Å². The maximum absolute atomic E-state index is 10.5. The second-order valence-corrected chi connectivity index (χ2v) is 20.3. The third-order valence-corrected chi connectivity index (χ3v) is 9.35. The molecule has 2 aromatic rings. The van der Waals surface area contributed by atoms with Gasteiger partial charge in [0.1, 0.15) is 11.5 Å². The van der Waals surface area contributed by atoms with Crippen LogP contribution in [-0.2, 0) is 52.8 Å². The zero-order valence-electron chi connectivity index (χ0n) is 33.5. The van der Waals surface area contributed by atoms with Crippen LogP contribution in [0.4, 0.5) is 0 Å². The first-order chi connectivity index (χ1) is 21.0. The van der Waals surface area contributed by atoms with Gasteiger partial charge in [-0.2, -0.15) is 0 Å². The molecule has 0 saturated carbocycles. The van der Waals surface area contributed by atoms with Gasteiger partial charge in [-0.3, -0.25) is 0 Å². The number of phenols is 2. The molecule has 10 nitrogen and oxygen atoms in total. The topological polar surface area (TPSA) is 136 Å². The first kappa shape index (κ1) is 52.4. The van der Waals surface area contributed by atoms with E-state index in [1.54, 1.807) is 48.5 Å². The van der Waals surface area contributed by atoms with Gasteiger partial charge in [-0.25, -0.2) is 0 Å². The Bertz CT molecular complexity index is 955. The van der Waals surface area contributed by atoms with Crippen molar-refractivity contribution in [2.24, 2.45) is 0 Å². The smallest absolute Gasteiger partial charge is 0.508 e. The van der Waals surface area contributed by atoms with E-state index in [1.165, 1.54) is 0 Å². The van der Waals surface area contributed by atoms with Crippen molar-refractivity contribution in [3.8, 4) is 11.5 Å². The van der Waals surface area contributed by atoms with Crippen LogP contribution in [0.3, 0.4) is 0 Å². The number of aromatic hydroxyl groups is 2. The molecule has 4 N–H and O–H groups in total. The summed E-state index contributed by atoms with van der Waals surface area (Å²) in [5, 5.41) is 17.3. The van der Waals surface area contributed by atoms with Crippen LogP contribution in [0.15, 0.2) is 60.7 Å². The normalized spacial score (nSPS) is 13.0. The molecule has 0 unspecified atom stereocenters. The fourth-order valence-corrected chi connectivity index (χ4v) is 8.20. The van der Waals surface area contributed by atoms with Crippen LogP contribution in [0.1, 0.15) is 125 Å². The molecule has 0 aliphatic heterocycles. The molecule has 0 aliphatic rings. The number of phenolic OH excluding ortho intramolecular Hbond substituents is 2. The monoisotopic (exact) mass is 806 g/mol. The van der Waals surface area contributed by atoms with Crippen LogP contribution >= 0.6 is 0 Å². The van der Waals surface area contributed by atoms with Crippen molar-refractivity contribution < 1.29 is 72.6 Å². The molecular weight excluding hydrogens is 740 g/mol. The van der Waals surface area contributed by atoms with E-state index in [0.717, 1.165) is 0 Å². The average Bonchev–Trinajstić information content (AvgIpc) is 2.72. The second-order valence-electron chi connectivity index (χ2n) is 17.0. The Morgan fingerprint density at radius 3 is 0.571 bits per heavy atom. The molecule has 0 bridgehead atoms. The van der Waals surface area contributed by atoms with Crippen molar-refractivity contribution in [2.75, 3.05) is 0 Å². The Morgan fingerprint density at radius 1 is 0.347 bits per heavy atom. The molecule has 284 valence electrons. The minimum absolute atomic E-state index is 0. The summed E-state index contributed by atoms with van der Waals surface area (Å²) in [5.74, 6) is 0.644. The van der Waals surface area contributed by atoms with Crippen molar-refractivity contribution in [3.05, 3.63) is 60.7 Å². The Hall–Kier alpha value is -0.963. The Kier molecular flexibility index (Phi) is 22.4. The molecule has 0 aliphatic carbocycles. The molecular formula is C36H68O10Si2Zr. The van der Waals surface area contributed by atoms with Gasteiger partial charge in [0.25, 0.3) is 0 Å². The third-order valence-electron chi connectivity index (χ3n) is 4.12. The van der Waals surface area contributed by atoms with Crippen molar-refractivity contribution >= 4 is 18.1 Å². The van der Waals surface area contributed by atoms with Gasteiger partial charge in [-0.1, -0.05) is 36.4 Å². The first-order valence-electron chi connectivity index (χ1n) is 16.2. The van der Waals surface area contributed by atoms with E-state index in [9.17, 15) is 9.59 Å². The molecule has 0 radical (unpaired) electrons. The summed E-state index contributed by atoms with van der Waals surface area (Å²) in [6.07, 6.45) is 0. The zero-order chi connectivity index (χ0) is 38.5. The number of hydrogen-bond acceptors (Lipinski definition) is 10. The fraction of sp³-hybridized carbons (Fsp3) is 0.667. The van der Waals surface area contributed by atoms with Gasteiger partial charge in [-0.15, -0.1) is 0 Å². The molecule has 49 heavy (non-hydrogen) atoms. The van der Waals surface area contributed by atoms with Gasteiger partial charge in [0.2, 0.25) is 0 Å². The summed E-state index contributed by atoms with van der Waals surface area (Å²) in [5.41, 5.74) is -3.10. The molecule has 0 aromatic heterocycles. The van der Waals surface area contributed by atoms with Gasteiger partial charge >= 0.3 is 18.1 Å².